The molecule has 3 nitrogen and oxygen atoms in total. The first-order chi connectivity index (χ1) is 4.91. The lowest BCUT2D eigenvalue weighted by atomic mass is 10.1. The van der Waals surface area contributed by atoms with Crippen molar-refractivity contribution in [3.05, 3.63) is 0 Å². The van der Waals surface area contributed by atoms with E-state index >= 15 is 0 Å². The average molecular weight is 156 g/mol. The molecule has 1 amide bonds. The molecule has 0 aliphatic carbocycles. The quantitative estimate of drug-likeness (QED) is 0.550. The van der Waals surface area contributed by atoms with Crippen molar-refractivity contribution in [2.45, 2.75) is 38.8 Å². The summed E-state index contributed by atoms with van der Waals surface area (Å²) in [7, 11) is 0. The maximum absolute atomic E-state index is 11.3. The minimum Gasteiger partial charge on any atom is -0.336 e. The van der Waals surface area contributed by atoms with Gasteiger partial charge in [-0.15, -0.1) is 0 Å². The predicted molar refractivity (Wildman–Crippen MR) is 44.1 cm³/mol. The molecule has 1 fully saturated rings. The third-order valence-corrected chi connectivity index (χ3v) is 1.96. The second-order valence-electron chi connectivity index (χ2n) is 4.14. The lowest BCUT2D eigenvalue weighted by Gasteiger charge is -2.31. The smallest absolute Gasteiger partial charge is 0.224 e. The van der Waals surface area contributed by atoms with E-state index in [1.807, 2.05) is 25.7 Å². The van der Waals surface area contributed by atoms with Gasteiger partial charge in [0, 0.05) is 24.5 Å². The van der Waals surface area contributed by atoms with Gasteiger partial charge in [-0.2, -0.15) is 0 Å². The molecule has 1 aliphatic rings. The number of hydrogen-bond acceptors (Lipinski definition) is 2. The minimum atomic E-state index is -0.0643. The lowest BCUT2D eigenvalue weighted by Crippen LogP contribution is -2.43. The first-order valence-electron chi connectivity index (χ1n) is 3.97. The van der Waals surface area contributed by atoms with Gasteiger partial charge in [-0.25, -0.2) is 0 Å². The van der Waals surface area contributed by atoms with Gasteiger partial charge in [-0.1, -0.05) is 0 Å². The highest BCUT2D eigenvalue weighted by Crippen LogP contribution is 2.20. The number of likely N-dealkylation sites (tertiary alicyclic amines) is 1. The number of carbonyl (C=O) groups excluding carboxylic acids is 1. The zero-order chi connectivity index (χ0) is 8.65. The van der Waals surface area contributed by atoms with Crippen LogP contribution in [0.2, 0.25) is 0 Å². The van der Waals surface area contributed by atoms with E-state index in [-0.39, 0.29) is 17.5 Å². The molecule has 1 rings (SSSR count). The van der Waals surface area contributed by atoms with Crippen LogP contribution in [0.15, 0.2) is 0 Å². The highest BCUT2D eigenvalue weighted by atomic mass is 16.2. The van der Waals surface area contributed by atoms with Gasteiger partial charge in [0.2, 0.25) is 5.91 Å². The molecule has 1 aliphatic heterocycles. The van der Waals surface area contributed by atoms with E-state index < -0.39 is 0 Å². The molecular weight excluding hydrogens is 140 g/mol. The van der Waals surface area contributed by atoms with Gasteiger partial charge >= 0.3 is 0 Å². The molecule has 2 N–H and O–H groups in total. The third kappa shape index (κ3) is 1.71. The van der Waals surface area contributed by atoms with E-state index in [2.05, 4.69) is 0 Å². The molecule has 1 atom stereocenters. The number of carbonyl (C=O) groups is 1. The fourth-order valence-electron chi connectivity index (χ4n) is 1.38. The van der Waals surface area contributed by atoms with E-state index in [1.54, 1.807) is 0 Å². The van der Waals surface area contributed by atoms with E-state index in [0.29, 0.717) is 13.0 Å². The molecular formula is C8H16N2O. The van der Waals surface area contributed by atoms with Gasteiger partial charge in [0.15, 0.2) is 0 Å². The topological polar surface area (TPSA) is 46.3 Å². The fraction of sp³-hybridized carbons (Fsp3) is 0.875. The molecule has 11 heavy (non-hydrogen) atoms. The SMILES string of the molecule is CC(C)(C)N1C[C@@H](N)CC1=O. The summed E-state index contributed by atoms with van der Waals surface area (Å²) < 4.78 is 0. The van der Waals surface area contributed by atoms with E-state index in [0.717, 1.165) is 0 Å². The summed E-state index contributed by atoms with van der Waals surface area (Å²) in [5.41, 5.74) is 5.59. The van der Waals surface area contributed by atoms with Gasteiger partial charge in [0.1, 0.15) is 0 Å². The summed E-state index contributed by atoms with van der Waals surface area (Å²) in [6.45, 7) is 6.80. The predicted octanol–water partition coefficient (Wildman–Crippen LogP) is 0.344. The number of nitrogens with zero attached hydrogens (tertiary/aromatic N) is 1. The van der Waals surface area contributed by atoms with Gasteiger partial charge in [-0.05, 0) is 20.8 Å². The summed E-state index contributed by atoms with van der Waals surface area (Å²) in [5, 5.41) is 0. The van der Waals surface area contributed by atoms with Crippen LogP contribution >= 0.6 is 0 Å². The largest absolute Gasteiger partial charge is 0.336 e. The Morgan fingerprint density at radius 2 is 2.09 bits per heavy atom. The monoisotopic (exact) mass is 156 g/mol. The van der Waals surface area contributed by atoms with Gasteiger partial charge in [0.05, 0.1) is 0 Å². The normalized spacial score (nSPS) is 26.4. The third-order valence-electron chi connectivity index (χ3n) is 1.96. The first-order valence-corrected chi connectivity index (χ1v) is 3.97. The Kier molecular flexibility index (Phi) is 1.92. The van der Waals surface area contributed by atoms with E-state index in [1.165, 1.54) is 0 Å². The van der Waals surface area contributed by atoms with Gasteiger partial charge in [-0.3, -0.25) is 4.79 Å². The van der Waals surface area contributed by atoms with Crippen LogP contribution in [0.3, 0.4) is 0 Å². The van der Waals surface area contributed by atoms with Crippen LogP contribution in [0.4, 0.5) is 0 Å². The van der Waals surface area contributed by atoms with Gasteiger partial charge in [0.25, 0.3) is 0 Å². The van der Waals surface area contributed by atoms with Crippen molar-refractivity contribution in [2.75, 3.05) is 6.54 Å². The maximum atomic E-state index is 11.3. The van der Waals surface area contributed by atoms with Gasteiger partial charge < -0.3 is 10.6 Å². The van der Waals surface area contributed by atoms with Crippen LogP contribution in [-0.2, 0) is 4.79 Å². The molecule has 0 radical (unpaired) electrons. The van der Waals surface area contributed by atoms with Crippen molar-refractivity contribution in [1.82, 2.24) is 4.90 Å². The Balaban J connectivity index is 2.68. The molecule has 0 spiro atoms. The fourth-order valence-corrected chi connectivity index (χ4v) is 1.38. The Labute approximate surface area is 67.5 Å². The number of hydrogen-bond donors (Lipinski definition) is 1. The lowest BCUT2D eigenvalue weighted by molar-refractivity contribution is -0.131. The number of amides is 1. The molecule has 1 saturated heterocycles. The molecule has 0 unspecified atom stereocenters. The molecule has 0 aromatic carbocycles. The highest BCUT2D eigenvalue weighted by molar-refractivity contribution is 5.79. The van der Waals surface area contributed by atoms with Crippen molar-refractivity contribution in [1.29, 1.82) is 0 Å². The average Bonchev–Trinajstić information content (AvgIpc) is 2.08. The van der Waals surface area contributed by atoms with Crippen LogP contribution in [-0.4, -0.2) is 28.9 Å². The van der Waals surface area contributed by atoms with Crippen LogP contribution in [0, 0.1) is 0 Å². The molecule has 3 heteroatoms. The van der Waals surface area contributed by atoms with E-state index in [9.17, 15) is 4.79 Å². The number of rotatable bonds is 0. The Morgan fingerprint density at radius 3 is 2.27 bits per heavy atom. The molecule has 0 bridgehead atoms. The standard InChI is InChI=1S/C8H16N2O/c1-8(2,3)10-5-6(9)4-7(10)11/h6H,4-5,9H2,1-3H3/t6-/m0/s1. The summed E-state index contributed by atoms with van der Waals surface area (Å²) in [5.74, 6) is 0.185. The van der Waals surface area contributed by atoms with E-state index in [4.69, 9.17) is 5.73 Å². The zero-order valence-corrected chi connectivity index (χ0v) is 7.42. The maximum Gasteiger partial charge on any atom is 0.224 e. The van der Waals surface area contributed by atoms with Crippen LogP contribution in [0.5, 0.6) is 0 Å². The van der Waals surface area contributed by atoms with Crippen LogP contribution < -0.4 is 5.73 Å². The minimum absolute atomic E-state index is 0.0433. The zero-order valence-electron chi connectivity index (χ0n) is 7.42. The second-order valence-corrected chi connectivity index (χ2v) is 4.14. The molecule has 0 aromatic heterocycles. The summed E-state index contributed by atoms with van der Waals surface area (Å²) in [4.78, 5) is 13.1. The summed E-state index contributed by atoms with van der Waals surface area (Å²) in [6.07, 6.45) is 0.511. The van der Waals surface area contributed by atoms with Crippen molar-refractivity contribution in [3.8, 4) is 0 Å². The Morgan fingerprint density at radius 1 is 1.55 bits per heavy atom. The summed E-state index contributed by atoms with van der Waals surface area (Å²) in [6, 6.07) is 0.0433. The Hall–Kier alpha value is -0.570. The summed E-state index contributed by atoms with van der Waals surface area (Å²) >= 11 is 0. The highest BCUT2D eigenvalue weighted by Gasteiger charge is 2.34. The first kappa shape index (κ1) is 8.53. The molecule has 1 heterocycles. The second kappa shape index (κ2) is 2.48. The van der Waals surface area contributed by atoms with Crippen molar-refractivity contribution < 1.29 is 4.79 Å². The molecule has 0 aromatic rings. The van der Waals surface area contributed by atoms with Crippen molar-refractivity contribution in [3.63, 3.8) is 0 Å². The van der Waals surface area contributed by atoms with Crippen LogP contribution in [0.25, 0.3) is 0 Å². The number of nitrogens with two attached hydrogens (primary N) is 1. The van der Waals surface area contributed by atoms with Crippen molar-refractivity contribution >= 4 is 5.91 Å². The van der Waals surface area contributed by atoms with Crippen molar-refractivity contribution in [2.24, 2.45) is 5.73 Å². The molecule has 64 valence electrons. The van der Waals surface area contributed by atoms with Crippen LogP contribution in [0.1, 0.15) is 27.2 Å². The Bertz CT molecular complexity index is 171. The molecule has 0 saturated carbocycles.